The third-order valence-corrected chi connectivity index (χ3v) is 6.89. The monoisotopic (exact) mass is 407 g/mol. The summed E-state index contributed by atoms with van der Waals surface area (Å²) in [5.41, 5.74) is 4.78. The van der Waals surface area contributed by atoms with Gasteiger partial charge in [-0.05, 0) is 61.2 Å². The van der Waals surface area contributed by atoms with Crippen LogP contribution in [0.2, 0.25) is 0 Å². The van der Waals surface area contributed by atoms with Gasteiger partial charge in [-0.25, -0.2) is 9.40 Å². The quantitative estimate of drug-likeness (QED) is 0.680. The molecule has 2 atom stereocenters. The van der Waals surface area contributed by atoms with Gasteiger partial charge in [-0.15, -0.1) is 0 Å². The molecule has 1 fully saturated rings. The molecule has 3 aliphatic rings. The van der Waals surface area contributed by atoms with Gasteiger partial charge in [0.1, 0.15) is 5.82 Å². The van der Waals surface area contributed by atoms with Crippen LogP contribution in [0.1, 0.15) is 61.3 Å². The molecule has 2 aromatic carbocycles. The Morgan fingerprint density at radius 1 is 1.00 bits per heavy atom. The van der Waals surface area contributed by atoms with Crippen molar-refractivity contribution in [1.29, 1.82) is 0 Å². The number of thiocarbonyl (C=S) groups is 1. The summed E-state index contributed by atoms with van der Waals surface area (Å²) < 4.78 is 13.6. The van der Waals surface area contributed by atoms with Gasteiger partial charge in [0, 0.05) is 17.5 Å². The SMILES string of the molecule is Fc1ccc([C@H]2[C@@H]3CCc4ccccc4C3=NN2C(=S)NC2CCCCC2)cc1. The number of hydrazone groups is 1. The number of aryl methyl sites for hydroxylation is 1. The average Bonchev–Trinajstić information content (AvgIpc) is 3.15. The Hall–Kier alpha value is -2.27. The van der Waals surface area contributed by atoms with Crippen molar-refractivity contribution in [3.63, 3.8) is 0 Å². The average molecular weight is 408 g/mol. The predicted octanol–water partition coefficient (Wildman–Crippen LogP) is 5.36. The second-order valence-electron chi connectivity index (χ2n) is 8.41. The number of nitrogens with zero attached hydrogens (tertiary/aromatic N) is 2. The van der Waals surface area contributed by atoms with Crippen molar-refractivity contribution in [2.45, 2.75) is 57.0 Å². The zero-order valence-corrected chi connectivity index (χ0v) is 17.3. The van der Waals surface area contributed by atoms with E-state index >= 15 is 0 Å². The summed E-state index contributed by atoms with van der Waals surface area (Å²) in [6.07, 6.45) is 8.22. The number of nitrogens with one attached hydrogen (secondary N) is 1. The minimum absolute atomic E-state index is 0.0162. The first-order valence-electron chi connectivity index (χ1n) is 10.7. The molecular weight excluding hydrogens is 381 g/mol. The Morgan fingerprint density at radius 3 is 2.55 bits per heavy atom. The smallest absolute Gasteiger partial charge is 0.190 e. The van der Waals surface area contributed by atoms with E-state index in [4.69, 9.17) is 17.3 Å². The maximum absolute atomic E-state index is 13.6. The molecule has 3 nitrogen and oxygen atoms in total. The van der Waals surface area contributed by atoms with Crippen LogP contribution in [0.4, 0.5) is 4.39 Å². The largest absolute Gasteiger partial charge is 0.358 e. The molecule has 5 heteroatoms. The fourth-order valence-electron chi connectivity index (χ4n) is 5.11. The van der Waals surface area contributed by atoms with Crippen molar-refractivity contribution < 1.29 is 4.39 Å². The lowest BCUT2D eigenvalue weighted by Gasteiger charge is -2.33. The molecule has 0 unspecified atom stereocenters. The number of hydrogen-bond donors (Lipinski definition) is 1. The van der Waals surface area contributed by atoms with Gasteiger partial charge in [-0.2, -0.15) is 5.10 Å². The van der Waals surface area contributed by atoms with Gasteiger partial charge >= 0.3 is 0 Å². The van der Waals surface area contributed by atoms with Crippen LogP contribution in [0.3, 0.4) is 0 Å². The Morgan fingerprint density at radius 2 is 1.76 bits per heavy atom. The van der Waals surface area contributed by atoms with Gasteiger partial charge in [0.05, 0.1) is 11.8 Å². The number of rotatable bonds is 2. The molecular formula is C24H26FN3S. The zero-order valence-electron chi connectivity index (χ0n) is 16.5. The topological polar surface area (TPSA) is 27.6 Å². The highest BCUT2D eigenvalue weighted by Crippen LogP contribution is 2.43. The van der Waals surface area contributed by atoms with Crippen LogP contribution in [0.25, 0.3) is 0 Å². The van der Waals surface area contributed by atoms with Gasteiger partial charge in [0.25, 0.3) is 0 Å². The van der Waals surface area contributed by atoms with Gasteiger partial charge < -0.3 is 5.32 Å². The number of fused-ring (bicyclic) bond motifs is 3. The molecule has 2 aromatic rings. The summed E-state index contributed by atoms with van der Waals surface area (Å²) in [6.45, 7) is 0. The molecule has 5 rings (SSSR count). The molecule has 1 heterocycles. The van der Waals surface area contributed by atoms with Gasteiger partial charge in [0.15, 0.2) is 5.11 Å². The fourth-order valence-corrected chi connectivity index (χ4v) is 5.43. The van der Waals surface area contributed by atoms with Crippen LogP contribution < -0.4 is 5.32 Å². The van der Waals surface area contributed by atoms with E-state index in [0.717, 1.165) is 37.0 Å². The van der Waals surface area contributed by atoms with Crippen LogP contribution in [-0.2, 0) is 6.42 Å². The molecule has 0 amide bonds. The van der Waals surface area contributed by atoms with Crippen molar-refractivity contribution in [1.82, 2.24) is 10.3 Å². The highest BCUT2D eigenvalue weighted by molar-refractivity contribution is 7.80. The standard InChI is InChI=1S/C24H26FN3S/c25-18-13-10-17(11-14-18)23-21-15-12-16-6-4-5-9-20(16)22(21)27-28(23)24(29)26-19-7-2-1-3-8-19/h4-6,9-11,13-14,19,21,23H,1-3,7-8,12,15H2,(H,26,29)/t21-,23+/m1/s1. The molecule has 0 aromatic heterocycles. The van der Waals surface area contributed by atoms with Gasteiger partial charge in [-0.1, -0.05) is 55.7 Å². The third-order valence-electron chi connectivity index (χ3n) is 6.58. The van der Waals surface area contributed by atoms with E-state index in [1.165, 1.54) is 30.4 Å². The number of hydrogen-bond acceptors (Lipinski definition) is 2. The summed E-state index contributed by atoms with van der Waals surface area (Å²) in [6, 6.07) is 15.8. The maximum atomic E-state index is 13.6. The maximum Gasteiger partial charge on any atom is 0.190 e. The molecule has 0 spiro atoms. The molecule has 0 bridgehead atoms. The fraction of sp³-hybridized carbons (Fsp3) is 0.417. The first-order chi connectivity index (χ1) is 14.2. The van der Waals surface area contributed by atoms with Gasteiger partial charge in [-0.3, -0.25) is 0 Å². The summed E-state index contributed by atoms with van der Waals surface area (Å²) in [5, 5.41) is 11.3. The van der Waals surface area contributed by atoms with E-state index in [-0.39, 0.29) is 17.8 Å². The highest BCUT2D eigenvalue weighted by Gasteiger charge is 2.43. The van der Waals surface area contributed by atoms with E-state index in [2.05, 4.69) is 29.6 Å². The Labute approximate surface area is 177 Å². The second-order valence-corrected chi connectivity index (χ2v) is 8.80. The van der Waals surface area contributed by atoms with Crippen molar-refractivity contribution in [3.05, 3.63) is 71.0 Å². The number of benzene rings is 2. The Bertz CT molecular complexity index is 933. The Kier molecular flexibility index (Phi) is 5.08. The first kappa shape index (κ1) is 18.7. The van der Waals surface area contributed by atoms with E-state index in [1.807, 2.05) is 17.1 Å². The van der Waals surface area contributed by atoms with Crippen molar-refractivity contribution in [2.75, 3.05) is 0 Å². The second kappa shape index (κ2) is 7.86. The van der Waals surface area contributed by atoms with E-state index < -0.39 is 0 Å². The summed E-state index contributed by atoms with van der Waals surface area (Å²) >= 11 is 5.85. The lowest BCUT2D eigenvalue weighted by molar-refractivity contribution is 0.294. The van der Waals surface area contributed by atoms with Crippen LogP contribution in [0.5, 0.6) is 0 Å². The summed E-state index contributed by atoms with van der Waals surface area (Å²) in [5.74, 6) is 0.0535. The molecule has 2 aliphatic carbocycles. The molecule has 0 saturated heterocycles. The van der Waals surface area contributed by atoms with Crippen molar-refractivity contribution >= 4 is 23.0 Å². The molecule has 1 N–H and O–H groups in total. The molecule has 1 saturated carbocycles. The van der Waals surface area contributed by atoms with Crippen LogP contribution in [-0.4, -0.2) is 21.9 Å². The lowest BCUT2D eigenvalue weighted by Crippen LogP contribution is -2.44. The minimum Gasteiger partial charge on any atom is -0.358 e. The predicted molar refractivity (Wildman–Crippen MR) is 118 cm³/mol. The van der Waals surface area contributed by atoms with Crippen LogP contribution >= 0.6 is 12.2 Å². The summed E-state index contributed by atoms with van der Waals surface area (Å²) in [7, 11) is 0. The number of halogens is 1. The molecule has 150 valence electrons. The zero-order chi connectivity index (χ0) is 19.8. The third kappa shape index (κ3) is 3.57. The minimum atomic E-state index is -0.212. The molecule has 0 radical (unpaired) electrons. The normalized spacial score (nSPS) is 23.9. The Balaban J connectivity index is 1.50. The summed E-state index contributed by atoms with van der Waals surface area (Å²) in [4.78, 5) is 0. The lowest BCUT2D eigenvalue weighted by atomic mass is 9.77. The van der Waals surface area contributed by atoms with Crippen LogP contribution in [0.15, 0.2) is 53.6 Å². The molecule has 29 heavy (non-hydrogen) atoms. The van der Waals surface area contributed by atoms with E-state index in [9.17, 15) is 4.39 Å². The van der Waals surface area contributed by atoms with E-state index in [0.29, 0.717) is 11.2 Å². The van der Waals surface area contributed by atoms with E-state index in [1.54, 1.807) is 12.1 Å². The van der Waals surface area contributed by atoms with Crippen molar-refractivity contribution in [3.8, 4) is 0 Å². The first-order valence-corrected chi connectivity index (χ1v) is 11.1. The van der Waals surface area contributed by atoms with Crippen molar-refractivity contribution in [2.24, 2.45) is 11.0 Å². The molecule has 1 aliphatic heterocycles. The van der Waals surface area contributed by atoms with Crippen LogP contribution in [0, 0.1) is 11.7 Å². The van der Waals surface area contributed by atoms with Gasteiger partial charge in [0.2, 0.25) is 0 Å². The highest BCUT2D eigenvalue weighted by atomic mass is 32.1.